The van der Waals surface area contributed by atoms with Crippen LogP contribution in [0.3, 0.4) is 0 Å². The van der Waals surface area contributed by atoms with Crippen molar-refractivity contribution in [3.63, 3.8) is 0 Å². The first-order chi connectivity index (χ1) is 9.88. The molecule has 1 nitrogen and oxygen atoms in total. The predicted octanol–water partition coefficient (Wildman–Crippen LogP) is 4.58. The number of hydrogen-bond acceptors (Lipinski definition) is 1. The fraction of sp³-hybridized carbons (Fsp3) is 0.294. The van der Waals surface area contributed by atoms with E-state index in [9.17, 15) is 13.2 Å². The van der Waals surface area contributed by atoms with E-state index in [1.54, 1.807) is 6.07 Å². The standard InChI is InChI=1S/C17H18F3N/c1-10(2)21-9-12-4-5-13(17(20)7-12)14-8-15(18)11(3)6-16(14)19/h4-8,10,21H,9H2,1-3H3. The molecule has 1 N–H and O–H groups in total. The number of halogens is 3. The third kappa shape index (κ3) is 3.64. The molecular formula is C17H18F3N. The van der Waals surface area contributed by atoms with Gasteiger partial charge in [-0.3, -0.25) is 0 Å². The van der Waals surface area contributed by atoms with Crippen molar-refractivity contribution in [2.45, 2.75) is 33.4 Å². The van der Waals surface area contributed by atoms with Gasteiger partial charge in [0.25, 0.3) is 0 Å². The van der Waals surface area contributed by atoms with Crippen molar-refractivity contribution in [3.8, 4) is 11.1 Å². The van der Waals surface area contributed by atoms with Crippen molar-refractivity contribution in [2.75, 3.05) is 0 Å². The molecule has 0 amide bonds. The maximum atomic E-state index is 14.2. The summed E-state index contributed by atoms with van der Waals surface area (Å²) >= 11 is 0. The van der Waals surface area contributed by atoms with Crippen molar-refractivity contribution in [3.05, 3.63) is 58.9 Å². The predicted molar refractivity (Wildman–Crippen MR) is 78.5 cm³/mol. The normalized spacial score (nSPS) is 11.2. The summed E-state index contributed by atoms with van der Waals surface area (Å²) in [6.07, 6.45) is 0. The topological polar surface area (TPSA) is 12.0 Å². The Bertz CT molecular complexity index is 651. The third-order valence-corrected chi connectivity index (χ3v) is 3.29. The van der Waals surface area contributed by atoms with E-state index < -0.39 is 17.5 Å². The Kier molecular flexibility index (Phi) is 4.68. The van der Waals surface area contributed by atoms with Crippen LogP contribution in [0.4, 0.5) is 13.2 Å². The quantitative estimate of drug-likeness (QED) is 0.870. The monoisotopic (exact) mass is 293 g/mol. The van der Waals surface area contributed by atoms with E-state index in [0.29, 0.717) is 6.54 Å². The molecule has 0 atom stereocenters. The Balaban J connectivity index is 2.35. The second kappa shape index (κ2) is 6.31. The molecule has 0 radical (unpaired) electrons. The molecule has 0 aliphatic rings. The van der Waals surface area contributed by atoms with Gasteiger partial charge in [-0.1, -0.05) is 26.0 Å². The molecule has 0 unspecified atom stereocenters. The summed E-state index contributed by atoms with van der Waals surface area (Å²) in [7, 11) is 0. The van der Waals surface area contributed by atoms with Gasteiger partial charge in [0, 0.05) is 23.7 Å². The smallest absolute Gasteiger partial charge is 0.131 e. The first-order valence-electron chi connectivity index (χ1n) is 6.86. The summed E-state index contributed by atoms with van der Waals surface area (Å²) in [5.41, 5.74) is 0.978. The van der Waals surface area contributed by atoms with Gasteiger partial charge in [0.15, 0.2) is 0 Å². The largest absolute Gasteiger partial charge is 0.310 e. The van der Waals surface area contributed by atoms with Crippen LogP contribution in [0.5, 0.6) is 0 Å². The summed E-state index contributed by atoms with van der Waals surface area (Å²) < 4.78 is 41.6. The maximum absolute atomic E-state index is 14.2. The fourth-order valence-electron chi connectivity index (χ4n) is 2.06. The zero-order chi connectivity index (χ0) is 15.6. The SMILES string of the molecule is Cc1cc(F)c(-c2ccc(CNC(C)C)cc2F)cc1F. The molecule has 2 aromatic carbocycles. The second-order valence-corrected chi connectivity index (χ2v) is 5.43. The lowest BCUT2D eigenvalue weighted by molar-refractivity contribution is 0.580. The molecule has 2 rings (SSSR count). The van der Waals surface area contributed by atoms with E-state index in [4.69, 9.17) is 0 Å². The van der Waals surface area contributed by atoms with Crippen molar-refractivity contribution < 1.29 is 13.2 Å². The Morgan fingerprint density at radius 1 is 0.905 bits per heavy atom. The van der Waals surface area contributed by atoms with E-state index in [1.807, 2.05) is 13.8 Å². The average molecular weight is 293 g/mol. The maximum Gasteiger partial charge on any atom is 0.131 e. The van der Waals surface area contributed by atoms with Gasteiger partial charge in [0.1, 0.15) is 17.5 Å². The van der Waals surface area contributed by atoms with Crippen molar-refractivity contribution in [1.82, 2.24) is 5.32 Å². The lowest BCUT2D eigenvalue weighted by Gasteiger charge is -2.11. The van der Waals surface area contributed by atoms with Crippen LogP contribution in [0, 0.1) is 24.4 Å². The summed E-state index contributed by atoms with van der Waals surface area (Å²) in [6, 6.07) is 6.96. The van der Waals surface area contributed by atoms with Gasteiger partial charge < -0.3 is 5.32 Å². The minimum atomic E-state index is -0.624. The molecular weight excluding hydrogens is 275 g/mol. The molecule has 4 heteroatoms. The highest BCUT2D eigenvalue weighted by Gasteiger charge is 2.13. The van der Waals surface area contributed by atoms with Gasteiger partial charge >= 0.3 is 0 Å². The molecule has 0 fully saturated rings. The van der Waals surface area contributed by atoms with E-state index in [1.165, 1.54) is 19.1 Å². The number of hydrogen-bond donors (Lipinski definition) is 1. The lowest BCUT2D eigenvalue weighted by atomic mass is 10.0. The first-order valence-corrected chi connectivity index (χ1v) is 6.86. The highest BCUT2D eigenvalue weighted by atomic mass is 19.1. The van der Waals surface area contributed by atoms with Crippen LogP contribution in [0.1, 0.15) is 25.0 Å². The van der Waals surface area contributed by atoms with Crippen LogP contribution >= 0.6 is 0 Å². The van der Waals surface area contributed by atoms with Gasteiger partial charge in [-0.2, -0.15) is 0 Å². The van der Waals surface area contributed by atoms with Gasteiger partial charge in [-0.25, -0.2) is 13.2 Å². The van der Waals surface area contributed by atoms with Crippen LogP contribution in [-0.2, 0) is 6.54 Å². The van der Waals surface area contributed by atoms with E-state index in [-0.39, 0.29) is 22.7 Å². The summed E-state index contributed by atoms with van der Waals surface area (Å²) in [6.45, 7) is 5.99. The van der Waals surface area contributed by atoms with E-state index >= 15 is 0 Å². The second-order valence-electron chi connectivity index (χ2n) is 5.43. The molecule has 0 aliphatic heterocycles. The zero-order valence-electron chi connectivity index (χ0n) is 12.3. The molecule has 0 aromatic heterocycles. The van der Waals surface area contributed by atoms with Crippen LogP contribution in [0.25, 0.3) is 11.1 Å². The summed E-state index contributed by atoms with van der Waals surface area (Å²) in [5.74, 6) is -1.72. The molecule has 0 bridgehead atoms. The summed E-state index contributed by atoms with van der Waals surface area (Å²) in [4.78, 5) is 0. The molecule has 0 spiro atoms. The summed E-state index contributed by atoms with van der Waals surface area (Å²) in [5, 5.41) is 3.18. The van der Waals surface area contributed by atoms with Crippen LogP contribution in [0.2, 0.25) is 0 Å². The molecule has 2 aromatic rings. The third-order valence-electron chi connectivity index (χ3n) is 3.29. The highest BCUT2D eigenvalue weighted by Crippen LogP contribution is 2.28. The van der Waals surface area contributed by atoms with Gasteiger partial charge in [0.2, 0.25) is 0 Å². The minimum Gasteiger partial charge on any atom is -0.310 e. The Morgan fingerprint density at radius 2 is 1.57 bits per heavy atom. The number of rotatable bonds is 4. The van der Waals surface area contributed by atoms with Crippen LogP contribution < -0.4 is 5.32 Å². The van der Waals surface area contributed by atoms with Crippen molar-refractivity contribution in [2.24, 2.45) is 0 Å². The average Bonchev–Trinajstić information content (AvgIpc) is 2.41. The fourth-order valence-corrected chi connectivity index (χ4v) is 2.06. The Morgan fingerprint density at radius 3 is 2.19 bits per heavy atom. The van der Waals surface area contributed by atoms with Crippen LogP contribution in [0.15, 0.2) is 30.3 Å². The van der Waals surface area contributed by atoms with Crippen LogP contribution in [-0.4, -0.2) is 6.04 Å². The Labute approximate surface area is 122 Å². The van der Waals surface area contributed by atoms with E-state index in [0.717, 1.165) is 17.7 Å². The molecule has 0 saturated heterocycles. The molecule has 0 saturated carbocycles. The lowest BCUT2D eigenvalue weighted by Crippen LogP contribution is -2.21. The zero-order valence-corrected chi connectivity index (χ0v) is 12.3. The van der Waals surface area contributed by atoms with Crippen molar-refractivity contribution >= 4 is 0 Å². The van der Waals surface area contributed by atoms with Gasteiger partial charge in [0.05, 0.1) is 0 Å². The minimum absolute atomic E-state index is 0.0565. The number of benzene rings is 2. The number of nitrogens with one attached hydrogen (secondary N) is 1. The van der Waals surface area contributed by atoms with Gasteiger partial charge in [-0.05, 0) is 36.2 Å². The first kappa shape index (κ1) is 15.6. The molecule has 0 heterocycles. The molecule has 0 aliphatic carbocycles. The highest BCUT2D eigenvalue weighted by molar-refractivity contribution is 5.65. The van der Waals surface area contributed by atoms with Crippen molar-refractivity contribution in [1.29, 1.82) is 0 Å². The van der Waals surface area contributed by atoms with E-state index in [2.05, 4.69) is 5.32 Å². The molecule has 21 heavy (non-hydrogen) atoms. The van der Waals surface area contributed by atoms with Gasteiger partial charge in [-0.15, -0.1) is 0 Å². The Hall–Kier alpha value is -1.81. The molecule has 112 valence electrons. The number of aryl methyl sites for hydroxylation is 1.